The van der Waals surface area contributed by atoms with Crippen LogP contribution in [0.25, 0.3) is 0 Å². The van der Waals surface area contributed by atoms with Crippen LogP contribution in [0.4, 0.5) is 10.5 Å². The first-order chi connectivity index (χ1) is 9.13. The fourth-order valence-electron chi connectivity index (χ4n) is 2.14. The van der Waals surface area contributed by atoms with Gasteiger partial charge in [0.1, 0.15) is 0 Å². The largest absolute Gasteiger partial charge is 0.335 e. The molecule has 0 saturated carbocycles. The highest BCUT2D eigenvalue weighted by atomic mass is 35.5. The van der Waals surface area contributed by atoms with Gasteiger partial charge in [-0.15, -0.1) is 0 Å². The number of carbonyl (C=O) groups excluding carboxylic acids is 1. The number of halogens is 2. The van der Waals surface area contributed by atoms with Gasteiger partial charge in [-0.25, -0.2) is 4.79 Å². The zero-order valence-corrected chi connectivity index (χ0v) is 12.0. The minimum absolute atomic E-state index is 0.213. The number of nitrogens with one attached hydrogen (secondary N) is 3. The summed E-state index contributed by atoms with van der Waals surface area (Å²) in [5.41, 5.74) is 0.599. The third-order valence-corrected chi connectivity index (χ3v) is 3.47. The molecule has 1 atom stereocenters. The highest BCUT2D eigenvalue weighted by Gasteiger charge is 2.14. The summed E-state index contributed by atoms with van der Waals surface area (Å²) in [6.07, 6.45) is 3.02. The number of benzene rings is 1. The Morgan fingerprint density at radius 3 is 2.63 bits per heavy atom. The summed E-state index contributed by atoms with van der Waals surface area (Å²) in [7, 11) is 0. The SMILES string of the molecule is O=C(Nc1cc(Cl)cc(Cl)c1)NC1CCCNCC1. The minimum Gasteiger partial charge on any atom is -0.335 e. The van der Waals surface area contributed by atoms with Crippen molar-refractivity contribution in [3.63, 3.8) is 0 Å². The molecule has 1 fully saturated rings. The molecule has 0 radical (unpaired) electrons. The zero-order chi connectivity index (χ0) is 13.7. The Morgan fingerprint density at radius 1 is 1.16 bits per heavy atom. The van der Waals surface area contributed by atoms with Crippen molar-refractivity contribution in [3.8, 4) is 0 Å². The molecule has 104 valence electrons. The predicted molar refractivity (Wildman–Crippen MR) is 79.1 cm³/mol. The lowest BCUT2D eigenvalue weighted by Crippen LogP contribution is -2.38. The number of carbonyl (C=O) groups is 1. The Kier molecular flexibility index (Phi) is 5.31. The van der Waals surface area contributed by atoms with Crippen LogP contribution in [-0.2, 0) is 0 Å². The number of hydrogen-bond donors (Lipinski definition) is 3. The fourth-order valence-corrected chi connectivity index (χ4v) is 2.67. The van der Waals surface area contributed by atoms with Crippen molar-refractivity contribution in [3.05, 3.63) is 28.2 Å². The van der Waals surface area contributed by atoms with Crippen LogP contribution in [0.2, 0.25) is 10.0 Å². The van der Waals surface area contributed by atoms with Crippen LogP contribution in [0.15, 0.2) is 18.2 Å². The molecule has 1 aromatic rings. The molecule has 4 nitrogen and oxygen atoms in total. The van der Waals surface area contributed by atoms with Crippen molar-refractivity contribution < 1.29 is 4.79 Å². The average molecular weight is 302 g/mol. The van der Waals surface area contributed by atoms with E-state index in [0.717, 1.165) is 32.4 Å². The number of urea groups is 1. The highest BCUT2D eigenvalue weighted by molar-refractivity contribution is 6.35. The molecule has 2 rings (SSSR count). The lowest BCUT2D eigenvalue weighted by Gasteiger charge is -2.16. The van der Waals surface area contributed by atoms with Gasteiger partial charge in [-0.2, -0.15) is 0 Å². The van der Waals surface area contributed by atoms with Crippen LogP contribution < -0.4 is 16.0 Å². The summed E-state index contributed by atoms with van der Waals surface area (Å²) < 4.78 is 0. The molecule has 1 saturated heterocycles. The van der Waals surface area contributed by atoms with Gasteiger partial charge in [0, 0.05) is 21.8 Å². The van der Waals surface area contributed by atoms with E-state index in [2.05, 4.69) is 16.0 Å². The van der Waals surface area contributed by atoms with Gasteiger partial charge in [-0.05, 0) is 50.6 Å². The average Bonchev–Trinajstić information content (AvgIpc) is 2.55. The van der Waals surface area contributed by atoms with E-state index in [4.69, 9.17) is 23.2 Å². The van der Waals surface area contributed by atoms with E-state index >= 15 is 0 Å². The molecule has 3 N–H and O–H groups in total. The second kappa shape index (κ2) is 6.98. The summed E-state index contributed by atoms with van der Waals surface area (Å²) in [4.78, 5) is 11.9. The Morgan fingerprint density at radius 2 is 1.89 bits per heavy atom. The predicted octanol–water partition coefficient (Wildman–Crippen LogP) is 3.26. The topological polar surface area (TPSA) is 53.2 Å². The van der Waals surface area contributed by atoms with Crippen molar-refractivity contribution >= 4 is 34.9 Å². The van der Waals surface area contributed by atoms with Gasteiger partial charge < -0.3 is 16.0 Å². The summed E-state index contributed by atoms with van der Waals surface area (Å²) in [6, 6.07) is 4.96. The van der Waals surface area contributed by atoms with E-state index in [1.54, 1.807) is 18.2 Å². The monoisotopic (exact) mass is 301 g/mol. The molecule has 1 aromatic carbocycles. The van der Waals surface area contributed by atoms with Crippen molar-refractivity contribution in [2.75, 3.05) is 18.4 Å². The normalized spacial score (nSPS) is 19.6. The standard InChI is InChI=1S/C13H17Cl2N3O/c14-9-6-10(15)8-12(7-9)18-13(19)17-11-2-1-4-16-5-3-11/h6-8,11,16H,1-5H2,(H2,17,18,19). The number of amides is 2. The highest BCUT2D eigenvalue weighted by Crippen LogP contribution is 2.22. The lowest BCUT2D eigenvalue weighted by molar-refractivity contribution is 0.247. The quantitative estimate of drug-likeness (QED) is 0.785. The Labute approximate surface area is 122 Å². The molecule has 1 heterocycles. The molecule has 1 unspecified atom stereocenters. The van der Waals surface area contributed by atoms with Crippen LogP contribution in [0.1, 0.15) is 19.3 Å². The second-order valence-corrected chi connectivity index (χ2v) is 5.51. The second-order valence-electron chi connectivity index (χ2n) is 4.63. The molecule has 1 aliphatic heterocycles. The summed E-state index contributed by atoms with van der Waals surface area (Å²) in [5, 5.41) is 10.0. The van der Waals surface area contributed by atoms with Gasteiger partial charge in [-0.1, -0.05) is 23.2 Å². The molecule has 0 aromatic heterocycles. The van der Waals surface area contributed by atoms with Crippen LogP contribution in [-0.4, -0.2) is 25.2 Å². The van der Waals surface area contributed by atoms with Gasteiger partial charge in [-0.3, -0.25) is 0 Å². The Bertz CT molecular complexity index is 425. The maximum absolute atomic E-state index is 11.9. The third kappa shape index (κ3) is 4.90. The Balaban J connectivity index is 1.89. The molecule has 2 amide bonds. The maximum atomic E-state index is 11.9. The molecule has 0 bridgehead atoms. The maximum Gasteiger partial charge on any atom is 0.319 e. The number of hydrogen-bond acceptors (Lipinski definition) is 2. The summed E-state index contributed by atoms with van der Waals surface area (Å²) in [5.74, 6) is 0. The zero-order valence-electron chi connectivity index (χ0n) is 10.5. The van der Waals surface area contributed by atoms with Gasteiger partial charge in [0.25, 0.3) is 0 Å². The van der Waals surface area contributed by atoms with E-state index in [0.29, 0.717) is 15.7 Å². The van der Waals surface area contributed by atoms with Crippen LogP contribution in [0, 0.1) is 0 Å². The molecule has 1 aliphatic rings. The number of anilines is 1. The van der Waals surface area contributed by atoms with E-state index in [9.17, 15) is 4.79 Å². The van der Waals surface area contributed by atoms with Crippen molar-refractivity contribution in [2.45, 2.75) is 25.3 Å². The Hall–Kier alpha value is -0.970. The van der Waals surface area contributed by atoms with Gasteiger partial charge in [0.15, 0.2) is 0 Å². The van der Waals surface area contributed by atoms with Crippen LogP contribution >= 0.6 is 23.2 Å². The first kappa shape index (κ1) is 14.4. The van der Waals surface area contributed by atoms with E-state index < -0.39 is 0 Å². The van der Waals surface area contributed by atoms with E-state index in [1.807, 2.05) is 0 Å². The van der Waals surface area contributed by atoms with Gasteiger partial charge in [0.2, 0.25) is 0 Å². The van der Waals surface area contributed by atoms with Crippen LogP contribution in [0.5, 0.6) is 0 Å². The lowest BCUT2D eigenvalue weighted by atomic mass is 10.1. The van der Waals surface area contributed by atoms with Crippen LogP contribution in [0.3, 0.4) is 0 Å². The first-order valence-electron chi connectivity index (χ1n) is 6.38. The van der Waals surface area contributed by atoms with E-state index in [1.165, 1.54) is 0 Å². The smallest absolute Gasteiger partial charge is 0.319 e. The minimum atomic E-state index is -0.217. The third-order valence-electron chi connectivity index (χ3n) is 3.03. The number of rotatable bonds is 2. The van der Waals surface area contributed by atoms with Gasteiger partial charge >= 0.3 is 6.03 Å². The van der Waals surface area contributed by atoms with Crippen molar-refractivity contribution in [1.29, 1.82) is 0 Å². The molecular formula is C13H17Cl2N3O. The van der Waals surface area contributed by atoms with Crippen molar-refractivity contribution in [2.24, 2.45) is 0 Å². The van der Waals surface area contributed by atoms with Gasteiger partial charge in [0.05, 0.1) is 0 Å². The van der Waals surface area contributed by atoms with E-state index in [-0.39, 0.29) is 12.1 Å². The summed E-state index contributed by atoms with van der Waals surface area (Å²) in [6.45, 7) is 1.96. The summed E-state index contributed by atoms with van der Waals surface area (Å²) >= 11 is 11.8. The molecule has 19 heavy (non-hydrogen) atoms. The van der Waals surface area contributed by atoms with Crippen molar-refractivity contribution in [1.82, 2.24) is 10.6 Å². The molecular weight excluding hydrogens is 285 g/mol. The fraction of sp³-hybridized carbons (Fsp3) is 0.462. The first-order valence-corrected chi connectivity index (χ1v) is 7.13. The molecule has 0 spiro atoms. The molecule has 0 aliphatic carbocycles. The molecule has 6 heteroatoms.